The zero-order chi connectivity index (χ0) is 13.5. The van der Waals surface area contributed by atoms with Crippen molar-refractivity contribution < 1.29 is 0 Å². The molecule has 3 rings (SSSR count). The second-order valence-corrected chi connectivity index (χ2v) is 7.80. The van der Waals surface area contributed by atoms with Crippen LogP contribution in [0.15, 0.2) is 5.16 Å². The van der Waals surface area contributed by atoms with Crippen molar-refractivity contribution in [1.82, 2.24) is 20.1 Å². The fraction of sp³-hybridized carbons (Fsp3) is 0.857. The van der Waals surface area contributed by atoms with Gasteiger partial charge in [0, 0.05) is 29.8 Å². The Morgan fingerprint density at radius 3 is 2.53 bits per heavy atom. The third-order valence-corrected chi connectivity index (χ3v) is 4.48. The SMILES string of the molecule is CC(C)(C)NCCSc1nnc(C2CC2)n1C1CC1. The Morgan fingerprint density at radius 2 is 1.95 bits per heavy atom. The van der Waals surface area contributed by atoms with Crippen molar-refractivity contribution in [2.75, 3.05) is 12.3 Å². The molecule has 2 aliphatic carbocycles. The summed E-state index contributed by atoms with van der Waals surface area (Å²) in [6.07, 6.45) is 5.24. The van der Waals surface area contributed by atoms with Crippen LogP contribution in [0.5, 0.6) is 0 Å². The molecule has 4 nitrogen and oxygen atoms in total. The van der Waals surface area contributed by atoms with E-state index in [2.05, 4.69) is 40.9 Å². The predicted octanol–water partition coefficient (Wildman–Crippen LogP) is 2.97. The second-order valence-electron chi connectivity index (χ2n) is 6.74. The lowest BCUT2D eigenvalue weighted by Crippen LogP contribution is -2.37. The highest BCUT2D eigenvalue weighted by atomic mass is 32.2. The maximum Gasteiger partial charge on any atom is 0.191 e. The topological polar surface area (TPSA) is 42.7 Å². The van der Waals surface area contributed by atoms with Crippen LogP contribution < -0.4 is 5.32 Å². The monoisotopic (exact) mass is 280 g/mol. The summed E-state index contributed by atoms with van der Waals surface area (Å²) in [6.45, 7) is 7.63. The number of nitrogens with zero attached hydrogens (tertiary/aromatic N) is 3. The first-order valence-corrected chi connectivity index (χ1v) is 8.36. The van der Waals surface area contributed by atoms with Crippen LogP contribution >= 0.6 is 11.8 Å². The fourth-order valence-corrected chi connectivity index (χ4v) is 3.12. The number of hydrogen-bond donors (Lipinski definition) is 1. The van der Waals surface area contributed by atoms with Gasteiger partial charge in [0.25, 0.3) is 0 Å². The molecule has 19 heavy (non-hydrogen) atoms. The summed E-state index contributed by atoms with van der Waals surface area (Å²) in [7, 11) is 0. The first-order chi connectivity index (χ1) is 9.04. The Bertz CT molecular complexity index is 441. The number of aromatic nitrogens is 3. The van der Waals surface area contributed by atoms with Crippen LogP contribution in [0.2, 0.25) is 0 Å². The Morgan fingerprint density at radius 1 is 1.21 bits per heavy atom. The van der Waals surface area contributed by atoms with E-state index in [1.807, 2.05) is 11.8 Å². The Hall–Kier alpha value is -0.550. The fourth-order valence-electron chi connectivity index (χ4n) is 2.25. The highest BCUT2D eigenvalue weighted by Gasteiger charge is 2.36. The second kappa shape index (κ2) is 5.09. The molecule has 0 atom stereocenters. The Labute approximate surface area is 119 Å². The minimum Gasteiger partial charge on any atom is -0.311 e. The molecule has 2 fully saturated rings. The lowest BCUT2D eigenvalue weighted by atomic mass is 10.1. The molecule has 0 amide bonds. The van der Waals surface area contributed by atoms with Gasteiger partial charge in [-0.3, -0.25) is 0 Å². The zero-order valence-electron chi connectivity index (χ0n) is 12.1. The van der Waals surface area contributed by atoms with Crippen molar-refractivity contribution in [3.8, 4) is 0 Å². The molecule has 1 N–H and O–H groups in total. The summed E-state index contributed by atoms with van der Waals surface area (Å²) in [6, 6.07) is 0.698. The summed E-state index contributed by atoms with van der Waals surface area (Å²) in [5, 5.41) is 13.5. The van der Waals surface area contributed by atoms with Gasteiger partial charge < -0.3 is 9.88 Å². The van der Waals surface area contributed by atoms with Crippen molar-refractivity contribution in [1.29, 1.82) is 0 Å². The van der Waals surface area contributed by atoms with Crippen molar-refractivity contribution >= 4 is 11.8 Å². The normalized spacial score (nSPS) is 19.9. The van der Waals surface area contributed by atoms with E-state index in [1.54, 1.807) is 0 Å². The van der Waals surface area contributed by atoms with Gasteiger partial charge in [0.15, 0.2) is 5.16 Å². The average Bonchev–Trinajstić information content (AvgIpc) is 3.22. The molecule has 0 aliphatic heterocycles. The molecule has 2 saturated carbocycles. The Balaban J connectivity index is 1.58. The third kappa shape index (κ3) is 3.51. The summed E-state index contributed by atoms with van der Waals surface area (Å²) in [5.74, 6) is 3.02. The van der Waals surface area contributed by atoms with Crippen molar-refractivity contribution in [2.24, 2.45) is 0 Å². The van der Waals surface area contributed by atoms with Gasteiger partial charge in [-0.25, -0.2) is 0 Å². The molecular formula is C14H24N4S. The van der Waals surface area contributed by atoms with Gasteiger partial charge in [0.1, 0.15) is 5.82 Å². The molecule has 0 bridgehead atoms. The van der Waals surface area contributed by atoms with Crippen LogP contribution in [0.25, 0.3) is 0 Å². The largest absolute Gasteiger partial charge is 0.311 e. The summed E-state index contributed by atoms with van der Waals surface area (Å²) in [5.41, 5.74) is 0.198. The van der Waals surface area contributed by atoms with Crippen molar-refractivity contribution in [3.63, 3.8) is 0 Å². The first kappa shape index (κ1) is 13.4. The van der Waals surface area contributed by atoms with Gasteiger partial charge in [-0.2, -0.15) is 0 Å². The molecular weight excluding hydrogens is 256 g/mol. The van der Waals surface area contributed by atoms with E-state index in [9.17, 15) is 0 Å². The van der Waals surface area contributed by atoms with Crippen LogP contribution in [0.3, 0.4) is 0 Å². The molecule has 106 valence electrons. The van der Waals surface area contributed by atoms with E-state index < -0.39 is 0 Å². The number of rotatable bonds is 6. The average molecular weight is 280 g/mol. The molecule has 1 heterocycles. The van der Waals surface area contributed by atoms with Gasteiger partial charge in [-0.05, 0) is 46.5 Å². The van der Waals surface area contributed by atoms with Crippen LogP contribution in [-0.4, -0.2) is 32.6 Å². The standard InChI is InChI=1S/C14H24N4S/c1-14(2,3)15-8-9-19-13-17-16-12(10-4-5-10)18(13)11-6-7-11/h10-11,15H,4-9H2,1-3H3. The third-order valence-electron chi connectivity index (χ3n) is 3.53. The zero-order valence-corrected chi connectivity index (χ0v) is 13.0. The predicted molar refractivity (Wildman–Crippen MR) is 78.7 cm³/mol. The minimum absolute atomic E-state index is 0.198. The summed E-state index contributed by atoms with van der Waals surface area (Å²) < 4.78 is 2.43. The van der Waals surface area contributed by atoms with Gasteiger partial charge in [-0.15, -0.1) is 10.2 Å². The summed E-state index contributed by atoms with van der Waals surface area (Å²) in [4.78, 5) is 0. The molecule has 5 heteroatoms. The Kier molecular flexibility index (Phi) is 3.60. The minimum atomic E-state index is 0.198. The molecule has 0 spiro atoms. The van der Waals surface area contributed by atoms with Gasteiger partial charge >= 0.3 is 0 Å². The smallest absolute Gasteiger partial charge is 0.191 e. The highest BCUT2D eigenvalue weighted by Crippen LogP contribution is 2.45. The molecule has 1 aromatic heterocycles. The van der Waals surface area contributed by atoms with Crippen molar-refractivity contribution in [3.05, 3.63) is 5.82 Å². The van der Waals surface area contributed by atoms with E-state index in [0.29, 0.717) is 12.0 Å². The van der Waals surface area contributed by atoms with E-state index in [4.69, 9.17) is 0 Å². The van der Waals surface area contributed by atoms with Crippen LogP contribution in [-0.2, 0) is 0 Å². The number of hydrogen-bond acceptors (Lipinski definition) is 4. The van der Waals surface area contributed by atoms with Gasteiger partial charge in [0.05, 0.1) is 0 Å². The maximum absolute atomic E-state index is 4.44. The van der Waals surface area contributed by atoms with Crippen molar-refractivity contribution in [2.45, 2.75) is 69.1 Å². The van der Waals surface area contributed by atoms with Gasteiger partial charge in [0.2, 0.25) is 0 Å². The van der Waals surface area contributed by atoms with Crippen LogP contribution in [0, 0.1) is 0 Å². The van der Waals surface area contributed by atoms with E-state index >= 15 is 0 Å². The van der Waals surface area contributed by atoms with Crippen LogP contribution in [0.1, 0.15) is 64.2 Å². The highest BCUT2D eigenvalue weighted by molar-refractivity contribution is 7.99. The molecule has 0 radical (unpaired) electrons. The number of nitrogens with one attached hydrogen (secondary N) is 1. The molecule has 2 aliphatic rings. The van der Waals surface area contributed by atoms with E-state index in [1.165, 1.54) is 31.5 Å². The quantitative estimate of drug-likeness (QED) is 0.642. The van der Waals surface area contributed by atoms with Gasteiger partial charge in [-0.1, -0.05) is 11.8 Å². The summed E-state index contributed by atoms with van der Waals surface area (Å²) >= 11 is 1.85. The molecule has 0 unspecified atom stereocenters. The lowest BCUT2D eigenvalue weighted by Gasteiger charge is -2.20. The molecule has 1 aromatic rings. The van der Waals surface area contributed by atoms with E-state index in [-0.39, 0.29) is 5.54 Å². The first-order valence-electron chi connectivity index (χ1n) is 7.37. The molecule has 0 saturated heterocycles. The van der Waals surface area contributed by atoms with Crippen LogP contribution in [0.4, 0.5) is 0 Å². The molecule has 0 aromatic carbocycles. The maximum atomic E-state index is 4.44. The lowest BCUT2D eigenvalue weighted by molar-refractivity contribution is 0.441. The van der Waals surface area contributed by atoms with E-state index in [0.717, 1.165) is 17.5 Å². The number of thioether (sulfide) groups is 1.